The molecule has 81 valence electrons. The molecule has 0 atom stereocenters. The molecule has 0 amide bonds. The van der Waals surface area contributed by atoms with Crippen LogP contribution in [0.1, 0.15) is 5.56 Å². The van der Waals surface area contributed by atoms with Gasteiger partial charge in [0.15, 0.2) is 0 Å². The smallest absolute Gasteiger partial charge is 0.134 e. The molecule has 0 aromatic heterocycles. The van der Waals surface area contributed by atoms with Gasteiger partial charge in [-0.2, -0.15) is 0 Å². The van der Waals surface area contributed by atoms with E-state index in [0.29, 0.717) is 5.56 Å². The van der Waals surface area contributed by atoms with E-state index in [1.54, 1.807) is 25.1 Å². The van der Waals surface area contributed by atoms with E-state index in [4.69, 9.17) is 11.6 Å². The Morgan fingerprint density at radius 2 is 1.81 bits per heavy atom. The third kappa shape index (κ3) is 1.93. The molecular formula is C13H8ClF2. The summed E-state index contributed by atoms with van der Waals surface area (Å²) in [6, 6.07) is 10.1. The van der Waals surface area contributed by atoms with Gasteiger partial charge in [0.1, 0.15) is 11.6 Å². The van der Waals surface area contributed by atoms with Crippen LogP contribution in [0, 0.1) is 24.6 Å². The molecule has 0 N–H and O–H groups in total. The van der Waals surface area contributed by atoms with Gasteiger partial charge in [-0.15, -0.1) is 0 Å². The second-order valence-electron chi connectivity index (χ2n) is 3.50. The van der Waals surface area contributed by atoms with E-state index < -0.39 is 11.6 Å². The Bertz CT molecular complexity index is 512. The summed E-state index contributed by atoms with van der Waals surface area (Å²) >= 11 is 5.88. The fourth-order valence-electron chi connectivity index (χ4n) is 1.55. The minimum absolute atomic E-state index is 0.129. The third-order valence-corrected chi connectivity index (χ3v) is 2.56. The van der Waals surface area contributed by atoms with Gasteiger partial charge < -0.3 is 0 Å². The Morgan fingerprint density at radius 3 is 2.38 bits per heavy atom. The van der Waals surface area contributed by atoms with Crippen LogP contribution in [0.4, 0.5) is 8.78 Å². The number of benzene rings is 2. The molecule has 0 spiro atoms. The van der Waals surface area contributed by atoms with E-state index in [1.807, 2.05) is 0 Å². The Balaban J connectivity index is 2.70. The van der Waals surface area contributed by atoms with Crippen molar-refractivity contribution in [3.05, 3.63) is 58.6 Å². The van der Waals surface area contributed by atoms with E-state index in [9.17, 15) is 8.78 Å². The van der Waals surface area contributed by atoms with Crippen LogP contribution < -0.4 is 0 Å². The van der Waals surface area contributed by atoms with Crippen LogP contribution in [0.3, 0.4) is 0 Å². The van der Waals surface area contributed by atoms with Crippen molar-refractivity contribution in [2.45, 2.75) is 6.92 Å². The molecular weight excluding hydrogens is 230 g/mol. The molecule has 0 heterocycles. The number of aryl methyl sites for hydroxylation is 1. The monoisotopic (exact) mass is 237 g/mol. The normalized spacial score (nSPS) is 10.5. The maximum absolute atomic E-state index is 13.7. The molecule has 0 saturated heterocycles. The van der Waals surface area contributed by atoms with Crippen molar-refractivity contribution in [2.75, 3.05) is 0 Å². The largest absolute Gasteiger partial charge is 0.206 e. The maximum Gasteiger partial charge on any atom is 0.134 e. The maximum atomic E-state index is 13.7. The Morgan fingerprint density at radius 1 is 1.19 bits per heavy atom. The van der Waals surface area contributed by atoms with Crippen molar-refractivity contribution in [1.29, 1.82) is 0 Å². The molecule has 0 bridgehead atoms. The van der Waals surface area contributed by atoms with Crippen molar-refractivity contribution in [3.63, 3.8) is 0 Å². The first kappa shape index (κ1) is 11.1. The average Bonchev–Trinajstić information content (AvgIpc) is 2.19. The summed E-state index contributed by atoms with van der Waals surface area (Å²) in [4.78, 5) is 0. The average molecular weight is 238 g/mol. The number of hydrogen-bond donors (Lipinski definition) is 0. The number of rotatable bonds is 1. The van der Waals surface area contributed by atoms with Crippen LogP contribution in [0.2, 0.25) is 5.02 Å². The zero-order valence-corrected chi connectivity index (χ0v) is 9.28. The van der Waals surface area contributed by atoms with Crippen molar-refractivity contribution < 1.29 is 8.78 Å². The Hall–Kier alpha value is -1.41. The van der Waals surface area contributed by atoms with E-state index in [-0.39, 0.29) is 16.1 Å². The Labute approximate surface area is 97.5 Å². The van der Waals surface area contributed by atoms with Crippen LogP contribution in [-0.4, -0.2) is 0 Å². The quantitative estimate of drug-likeness (QED) is 0.690. The third-order valence-electron chi connectivity index (χ3n) is 2.24. The lowest BCUT2D eigenvalue weighted by Crippen LogP contribution is -1.92. The van der Waals surface area contributed by atoms with Gasteiger partial charge in [0.05, 0.1) is 5.56 Å². The molecule has 2 aromatic rings. The molecule has 0 fully saturated rings. The van der Waals surface area contributed by atoms with Crippen molar-refractivity contribution in [2.24, 2.45) is 0 Å². The van der Waals surface area contributed by atoms with E-state index in [0.717, 1.165) is 0 Å². The number of hydrogen-bond acceptors (Lipinski definition) is 0. The van der Waals surface area contributed by atoms with Crippen molar-refractivity contribution in [1.82, 2.24) is 0 Å². The topological polar surface area (TPSA) is 0 Å². The molecule has 2 aromatic carbocycles. The Kier molecular flexibility index (Phi) is 2.92. The summed E-state index contributed by atoms with van der Waals surface area (Å²) in [5.74, 6) is -1.25. The molecule has 0 nitrogen and oxygen atoms in total. The van der Waals surface area contributed by atoms with Crippen molar-refractivity contribution in [3.8, 4) is 11.1 Å². The molecule has 16 heavy (non-hydrogen) atoms. The van der Waals surface area contributed by atoms with Crippen LogP contribution >= 0.6 is 11.6 Å². The zero-order chi connectivity index (χ0) is 11.7. The summed E-state index contributed by atoms with van der Waals surface area (Å²) in [5.41, 5.74) is 0.654. The highest BCUT2D eigenvalue weighted by Gasteiger charge is 2.14. The second-order valence-corrected chi connectivity index (χ2v) is 3.90. The molecule has 3 heteroatoms. The molecule has 0 aliphatic heterocycles. The zero-order valence-electron chi connectivity index (χ0n) is 8.52. The van der Waals surface area contributed by atoms with Crippen LogP contribution in [0.5, 0.6) is 0 Å². The molecule has 0 aliphatic carbocycles. The lowest BCUT2D eigenvalue weighted by Gasteiger charge is -2.07. The predicted molar refractivity (Wildman–Crippen MR) is 60.4 cm³/mol. The van der Waals surface area contributed by atoms with Gasteiger partial charge in [-0.25, -0.2) is 8.78 Å². The molecule has 0 aliphatic rings. The van der Waals surface area contributed by atoms with Crippen LogP contribution in [-0.2, 0) is 0 Å². The minimum Gasteiger partial charge on any atom is -0.206 e. The van der Waals surface area contributed by atoms with Crippen molar-refractivity contribution >= 4 is 11.6 Å². The van der Waals surface area contributed by atoms with E-state index in [1.165, 1.54) is 12.1 Å². The first-order chi connectivity index (χ1) is 7.59. The second kappa shape index (κ2) is 4.22. The van der Waals surface area contributed by atoms with Crippen LogP contribution in [0.25, 0.3) is 11.1 Å². The van der Waals surface area contributed by atoms with Gasteiger partial charge in [-0.3, -0.25) is 0 Å². The first-order valence-corrected chi connectivity index (χ1v) is 5.09. The molecule has 2 rings (SSSR count). The van der Waals surface area contributed by atoms with E-state index in [2.05, 4.69) is 6.07 Å². The summed E-state index contributed by atoms with van der Waals surface area (Å²) in [6.07, 6.45) is 0. The summed E-state index contributed by atoms with van der Waals surface area (Å²) in [7, 11) is 0. The molecule has 0 unspecified atom stereocenters. The van der Waals surface area contributed by atoms with Gasteiger partial charge >= 0.3 is 0 Å². The fourth-order valence-corrected chi connectivity index (χ4v) is 1.77. The van der Waals surface area contributed by atoms with Gasteiger partial charge in [-0.05, 0) is 36.8 Å². The summed E-state index contributed by atoms with van der Waals surface area (Å²) < 4.78 is 27.3. The predicted octanol–water partition coefficient (Wildman–Crippen LogP) is 4.39. The van der Waals surface area contributed by atoms with Gasteiger partial charge in [-0.1, -0.05) is 23.7 Å². The lowest BCUT2D eigenvalue weighted by molar-refractivity contribution is 0.587. The number of halogens is 3. The highest BCUT2D eigenvalue weighted by molar-refractivity contribution is 6.33. The SMILES string of the molecule is Cc1cc(F)c(-c2[c]cccc2Cl)c(F)c1. The molecule has 0 saturated carbocycles. The lowest BCUT2D eigenvalue weighted by atomic mass is 10.0. The first-order valence-electron chi connectivity index (χ1n) is 4.72. The highest BCUT2D eigenvalue weighted by Crippen LogP contribution is 2.31. The highest BCUT2D eigenvalue weighted by atomic mass is 35.5. The summed E-state index contributed by atoms with van der Waals surface area (Å²) in [5, 5.41) is 0.282. The van der Waals surface area contributed by atoms with Gasteiger partial charge in [0.25, 0.3) is 0 Å². The standard InChI is InChI=1S/C13H8ClF2/c1-8-6-11(15)13(12(16)7-8)9-4-2-3-5-10(9)14/h2-3,5-7H,1H3. The van der Waals surface area contributed by atoms with Gasteiger partial charge in [0.2, 0.25) is 0 Å². The fraction of sp³-hybridized carbons (Fsp3) is 0.0769. The minimum atomic E-state index is -0.623. The summed E-state index contributed by atoms with van der Waals surface area (Å²) in [6.45, 7) is 1.63. The van der Waals surface area contributed by atoms with Crippen LogP contribution in [0.15, 0.2) is 30.3 Å². The molecule has 1 radical (unpaired) electrons. The van der Waals surface area contributed by atoms with Gasteiger partial charge in [0, 0.05) is 10.6 Å². The van der Waals surface area contributed by atoms with E-state index >= 15 is 0 Å².